The number of benzene rings is 2. The number of nitrogens with one attached hydrogen (secondary N) is 3. The van der Waals surface area contributed by atoms with E-state index in [-0.39, 0.29) is 11.7 Å². The molecule has 0 spiro atoms. The van der Waals surface area contributed by atoms with Gasteiger partial charge in [0.15, 0.2) is 5.96 Å². The lowest BCUT2D eigenvalue weighted by atomic mass is 10.1. The van der Waals surface area contributed by atoms with Gasteiger partial charge in [0.2, 0.25) is 0 Å². The Morgan fingerprint density at radius 2 is 1.92 bits per heavy atom. The van der Waals surface area contributed by atoms with E-state index < -0.39 is 0 Å². The molecule has 0 aliphatic carbocycles. The third kappa shape index (κ3) is 5.58. The quantitative estimate of drug-likeness (QED) is 0.550. The van der Waals surface area contributed by atoms with Crippen LogP contribution in [-0.2, 0) is 13.0 Å². The molecule has 26 heavy (non-hydrogen) atoms. The molecule has 0 saturated heterocycles. The zero-order valence-electron chi connectivity index (χ0n) is 15.4. The van der Waals surface area contributed by atoms with E-state index in [2.05, 4.69) is 20.9 Å². The lowest BCUT2D eigenvalue weighted by Crippen LogP contribution is -2.37. The number of aryl methyl sites for hydroxylation is 1. The van der Waals surface area contributed by atoms with Crippen molar-refractivity contribution >= 4 is 11.9 Å². The van der Waals surface area contributed by atoms with Crippen LogP contribution in [0.15, 0.2) is 47.5 Å². The predicted molar refractivity (Wildman–Crippen MR) is 103 cm³/mol. The minimum Gasteiger partial charge on any atom is -0.356 e. The van der Waals surface area contributed by atoms with E-state index in [0.717, 1.165) is 17.5 Å². The summed E-state index contributed by atoms with van der Waals surface area (Å²) >= 11 is 0. The van der Waals surface area contributed by atoms with Gasteiger partial charge in [-0.15, -0.1) is 0 Å². The van der Waals surface area contributed by atoms with Crippen molar-refractivity contribution in [1.82, 2.24) is 16.0 Å². The molecule has 2 aromatic carbocycles. The fourth-order valence-electron chi connectivity index (χ4n) is 2.56. The first kappa shape index (κ1) is 19.4. The first-order valence-electron chi connectivity index (χ1n) is 8.54. The number of hydrogen-bond acceptors (Lipinski definition) is 2. The van der Waals surface area contributed by atoms with E-state index in [4.69, 9.17) is 0 Å². The highest BCUT2D eigenvalue weighted by atomic mass is 19.1. The van der Waals surface area contributed by atoms with Crippen LogP contribution < -0.4 is 16.0 Å². The molecule has 0 atom stereocenters. The minimum atomic E-state index is -0.199. The van der Waals surface area contributed by atoms with Gasteiger partial charge >= 0.3 is 0 Å². The number of carbonyl (C=O) groups excluding carboxylic acids is 1. The molecule has 5 nitrogen and oxygen atoms in total. The number of halogens is 1. The van der Waals surface area contributed by atoms with Crippen molar-refractivity contribution in [2.75, 3.05) is 20.6 Å². The van der Waals surface area contributed by atoms with Crippen LogP contribution in [0.25, 0.3) is 0 Å². The van der Waals surface area contributed by atoms with E-state index in [0.29, 0.717) is 30.2 Å². The van der Waals surface area contributed by atoms with Crippen LogP contribution in [0, 0.1) is 12.7 Å². The Labute approximate surface area is 153 Å². The highest BCUT2D eigenvalue weighted by Crippen LogP contribution is 2.09. The molecule has 3 N–H and O–H groups in total. The topological polar surface area (TPSA) is 65.5 Å². The summed E-state index contributed by atoms with van der Waals surface area (Å²) in [7, 11) is 3.33. The molecular weight excluding hydrogens is 331 g/mol. The molecule has 2 rings (SSSR count). The number of amides is 1. The zero-order chi connectivity index (χ0) is 18.9. The molecule has 0 heterocycles. The third-order valence-electron chi connectivity index (χ3n) is 4.03. The van der Waals surface area contributed by atoms with Crippen LogP contribution in [0.4, 0.5) is 4.39 Å². The van der Waals surface area contributed by atoms with E-state index in [1.54, 1.807) is 33.2 Å². The van der Waals surface area contributed by atoms with Crippen molar-refractivity contribution in [3.05, 3.63) is 70.5 Å². The maximum Gasteiger partial charge on any atom is 0.251 e. The monoisotopic (exact) mass is 356 g/mol. The first-order valence-corrected chi connectivity index (χ1v) is 8.54. The fraction of sp³-hybridized carbons (Fsp3) is 0.300. The molecule has 6 heteroatoms. The van der Waals surface area contributed by atoms with Gasteiger partial charge in [-0.05, 0) is 48.2 Å². The molecule has 0 bridgehead atoms. The van der Waals surface area contributed by atoms with Crippen molar-refractivity contribution in [1.29, 1.82) is 0 Å². The molecule has 0 aromatic heterocycles. The third-order valence-corrected chi connectivity index (χ3v) is 4.03. The van der Waals surface area contributed by atoms with Gasteiger partial charge in [0.1, 0.15) is 5.82 Å². The maximum atomic E-state index is 13.3. The second-order valence-electron chi connectivity index (χ2n) is 5.97. The molecule has 0 radical (unpaired) electrons. The number of guanidine groups is 1. The van der Waals surface area contributed by atoms with Crippen molar-refractivity contribution in [3.63, 3.8) is 0 Å². The Morgan fingerprint density at radius 3 is 2.62 bits per heavy atom. The van der Waals surface area contributed by atoms with Crippen LogP contribution in [0.5, 0.6) is 0 Å². The van der Waals surface area contributed by atoms with Crippen molar-refractivity contribution in [3.8, 4) is 0 Å². The zero-order valence-corrected chi connectivity index (χ0v) is 15.4. The fourth-order valence-corrected chi connectivity index (χ4v) is 2.56. The predicted octanol–water partition coefficient (Wildman–Crippen LogP) is 2.40. The van der Waals surface area contributed by atoms with E-state index in [9.17, 15) is 9.18 Å². The molecule has 0 fully saturated rings. The van der Waals surface area contributed by atoms with Crippen LogP contribution in [0.3, 0.4) is 0 Å². The summed E-state index contributed by atoms with van der Waals surface area (Å²) in [4.78, 5) is 15.9. The summed E-state index contributed by atoms with van der Waals surface area (Å²) in [5.74, 6) is 0.386. The van der Waals surface area contributed by atoms with Gasteiger partial charge in [-0.25, -0.2) is 4.39 Å². The summed E-state index contributed by atoms with van der Waals surface area (Å²) in [6.07, 6.45) is 0.765. The molecule has 1 amide bonds. The lowest BCUT2D eigenvalue weighted by molar-refractivity contribution is 0.0963. The summed E-state index contributed by atoms with van der Waals surface area (Å²) in [5, 5.41) is 9.08. The van der Waals surface area contributed by atoms with Gasteiger partial charge < -0.3 is 16.0 Å². The second kappa shape index (κ2) is 9.56. The van der Waals surface area contributed by atoms with E-state index >= 15 is 0 Å². The Hall–Kier alpha value is -2.89. The lowest BCUT2D eigenvalue weighted by Gasteiger charge is -2.12. The normalized spacial score (nSPS) is 11.2. The molecule has 0 unspecified atom stereocenters. The van der Waals surface area contributed by atoms with Crippen molar-refractivity contribution < 1.29 is 9.18 Å². The first-order chi connectivity index (χ1) is 12.5. The van der Waals surface area contributed by atoms with Gasteiger partial charge in [-0.1, -0.05) is 24.3 Å². The van der Waals surface area contributed by atoms with Gasteiger partial charge in [-0.3, -0.25) is 9.79 Å². The Kier molecular flexibility index (Phi) is 7.14. The number of aliphatic imine (C=N–C) groups is 1. The summed E-state index contributed by atoms with van der Waals surface area (Å²) in [5.41, 5.74) is 3.34. The van der Waals surface area contributed by atoms with E-state index in [1.807, 2.05) is 24.3 Å². The molecule has 0 aliphatic rings. The van der Waals surface area contributed by atoms with Crippen LogP contribution in [-0.4, -0.2) is 32.5 Å². The Balaban J connectivity index is 1.83. The highest BCUT2D eigenvalue weighted by Gasteiger charge is 2.04. The maximum absolute atomic E-state index is 13.3. The molecular formula is C20H25FN4O. The molecule has 0 aliphatic heterocycles. The van der Waals surface area contributed by atoms with Gasteiger partial charge in [0.05, 0.1) is 0 Å². The largest absolute Gasteiger partial charge is 0.356 e. The van der Waals surface area contributed by atoms with Gasteiger partial charge in [-0.2, -0.15) is 0 Å². The van der Waals surface area contributed by atoms with Crippen LogP contribution in [0.1, 0.15) is 27.0 Å². The molecule has 138 valence electrons. The van der Waals surface area contributed by atoms with Gasteiger partial charge in [0.25, 0.3) is 5.91 Å². The van der Waals surface area contributed by atoms with Crippen LogP contribution in [0.2, 0.25) is 0 Å². The van der Waals surface area contributed by atoms with Crippen molar-refractivity contribution in [2.45, 2.75) is 19.9 Å². The SMILES string of the molecule is CN=C(NCCc1cccc(C(=O)NC)c1)NCc1ccc(F)c(C)c1. The second-order valence-corrected chi connectivity index (χ2v) is 5.97. The standard InChI is InChI=1S/C20H25FN4O/c1-14-11-16(7-8-18(14)21)13-25-20(23-3)24-10-9-15-5-4-6-17(12-15)19(26)22-2/h4-8,11-12H,9-10,13H2,1-3H3,(H,22,26)(H2,23,24,25). The summed E-state index contributed by atoms with van der Waals surface area (Å²) in [6.45, 7) is 2.99. The summed E-state index contributed by atoms with van der Waals surface area (Å²) in [6, 6.07) is 12.6. The summed E-state index contributed by atoms with van der Waals surface area (Å²) < 4.78 is 13.3. The molecule has 0 saturated carbocycles. The van der Waals surface area contributed by atoms with Crippen molar-refractivity contribution in [2.24, 2.45) is 4.99 Å². The van der Waals surface area contributed by atoms with Crippen LogP contribution >= 0.6 is 0 Å². The smallest absolute Gasteiger partial charge is 0.251 e. The average molecular weight is 356 g/mol. The Bertz CT molecular complexity index is 789. The minimum absolute atomic E-state index is 0.0909. The average Bonchev–Trinajstić information content (AvgIpc) is 2.66. The molecule has 2 aromatic rings. The number of hydrogen-bond donors (Lipinski definition) is 3. The van der Waals surface area contributed by atoms with E-state index in [1.165, 1.54) is 6.07 Å². The number of carbonyl (C=O) groups is 1. The number of nitrogens with zero attached hydrogens (tertiary/aromatic N) is 1. The number of rotatable bonds is 6. The van der Waals surface area contributed by atoms with Gasteiger partial charge in [0, 0.05) is 32.7 Å². The highest BCUT2D eigenvalue weighted by molar-refractivity contribution is 5.94. The Morgan fingerprint density at radius 1 is 1.12 bits per heavy atom.